The molecule has 0 unspecified atom stereocenters. The lowest BCUT2D eigenvalue weighted by Crippen LogP contribution is -2.45. The molecule has 1 N–H and O–H groups in total. The summed E-state index contributed by atoms with van der Waals surface area (Å²) in [6.45, 7) is 9.45. The molecule has 0 aliphatic carbocycles. The van der Waals surface area contributed by atoms with Crippen LogP contribution in [0, 0.1) is 0 Å². The van der Waals surface area contributed by atoms with Crippen molar-refractivity contribution in [1.82, 2.24) is 15.1 Å². The van der Waals surface area contributed by atoms with Gasteiger partial charge in [-0.15, -0.1) is 0 Å². The molecule has 2 aromatic carbocycles. The van der Waals surface area contributed by atoms with Crippen LogP contribution in [0.25, 0.3) is 0 Å². The smallest absolute Gasteiger partial charge is 0.258 e. The minimum atomic E-state index is -0.124. The van der Waals surface area contributed by atoms with E-state index in [4.69, 9.17) is 4.74 Å². The van der Waals surface area contributed by atoms with Gasteiger partial charge in [0.05, 0.1) is 0 Å². The first-order valence-corrected chi connectivity index (χ1v) is 10.6. The number of hydrogen-bond acceptors (Lipinski definition) is 4. The summed E-state index contributed by atoms with van der Waals surface area (Å²) < 4.78 is 6.47. The Morgan fingerprint density at radius 2 is 1.57 bits per heavy atom. The van der Waals surface area contributed by atoms with Crippen LogP contribution in [0.15, 0.2) is 53.0 Å². The van der Waals surface area contributed by atoms with E-state index in [0.717, 1.165) is 49.3 Å². The van der Waals surface area contributed by atoms with Gasteiger partial charge < -0.3 is 15.0 Å². The SMILES string of the molecule is CCN1CCN(Cc2ccc(CNC(=O)COc3ccc(Br)cc3)cc2)CC1. The van der Waals surface area contributed by atoms with Gasteiger partial charge in [-0.25, -0.2) is 0 Å². The average molecular weight is 446 g/mol. The molecule has 150 valence electrons. The molecule has 28 heavy (non-hydrogen) atoms. The van der Waals surface area contributed by atoms with Gasteiger partial charge in [-0.2, -0.15) is 0 Å². The number of piperazine rings is 1. The molecule has 1 aliphatic heterocycles. The van der Waals surface area contributed by atoms with Gasteiger partial charge in [0.2, 0.25) is 0 Å². The monoisotopic (exact) mass is 445 g/mol. The summed E-state index contributed by atoms with van der Waals surface area (Å²) in [6, 6.07) is 15.9. The fourth-order valence-corrected chi connectivity index (χ4v) is 3.48. The Labute approximate surface area is 175 Å². The first-order valence-electron chi connectivity index (χ1n) is 9.80. The predicted octanol–water partition coefficient (Wildman–Crippen LogP) is 3.28. The van der Waals surface area contributed by atoms with E-state index in [9.17, 15) is 4.79 Å². The van der Waals surface area contributed by atoms with Crippen LogP contribution in [0.2, 0.25) is 0 Å². The van der Waals surface area contributed by atoms with Crippen molar-refractivity contribution in [2.75, 3.05) is 39.3 Å². The second kappa shape index (κ2) is 10.6. The Morgan fingerprint density at radius 3 is 2.21 bits per heavy atom. The molecule has 3 rings (SSSR count). The molecular weight excluding hydrogens is 418 g/mol. The van der Waals surface area contributed by atoms with Gasteiger partial charge in [0.25, 0.3) is 5.91 Å². The third-order valence-electron chi connectivity index (χ3n) is 5.01. The number of carbonyl (C=O) groups excluding carboxylic acids is 1. The molecular formula is C22H28BrN3O2. The van der Waals surface area contributed by atoms with Crippen LogP contribution in [0.5, 0.6) is 5.75 Å². The van der Waals surface area contributed by atoms with Crippen molar-refractivity contribution >= 4 is 21.8 Å². The zero-order valence-electron chi connectivity index (χ0n) is 16.4. The maximum absolute atomic E-state index is 12.0. The number of halogens is 1. The number of rotatable bonds is 8. The number of carbonyl (C=O) groups is 1. The fourth-order valence-electron chi connectivity index (χ4n) is 3.22. The summed E-state index contributed by atoms with van der Waals surface area (Å²) in [6.07, 6.45) is 0. The molecule has 6 heteroatoms. The Morgan fingerprint density at radius 1 is 0.964 bits per heavy atom. The normalized spacial score (nSPS) is 15.4. The lowest BCUT2D eigenvalue weighted by Gasteiger charge is -2.34. The lowest BCUT2D eigenvalue weighted by atomic mass is 10.1. The molecule has 1 aliphatic rings. The molecule has 0 spiro atoms. The van der Waals surface area contributed by atoms with Crippen LogP contribution in [0.3, 0.4) is 0 Å². The molecule has 1 saturated heterocycles. The number of nitrogens with zero attached hydrogens (tertiary/aromatic N) is 2. The molecule has 0 bridgehead atoms. The van der Waals surface area contributed by atoms with Crippen molar-refractivity contribution < 1.29 is 9.53 Å². The molecule has 1 amide bonds. The van der Waals surface area contributed by atoms with Crippen molar-refractivity contribution in [1.29, 1.82) is 0 Å². The molecule has 0 saturated carbocycles. The number of hydrogen-bond donors (Lipinski definition) is 1. The Bertz CT molecular complexity index is 741. The standard InChI is InChI=1S/C22H28BrN3O2/c1-2-25-11-13-26(14-12-25)16-19-5-3-18(4-6-19)15-24-22(27)17-28-21-9-7-20(23)8-10-21/h3-10H,2,11-17H2,1H3,(H,24,27). The van der Waals surface area contributed by atoms with E-state index in [1.54, 1.807) is 0 Å². The van der Waals surface area contributed by atoms with Crippen LogP contribution >= 0.6 is 15.9 Å². The minimum Gasteiger partial charge on any atom is -0.484 e. The summed E-state index contributed by atoms with van der Waals surface area (Å²) in [4.78, 5) is 17.0. The number of nitrogens with one attached hydrogen (secondary N) is 1. The maximum atomic E-state index is 12.0. The Kier molecular flexibility index (Phi) is 7.89. The first-order chi connectivity index (χ1) is 13.6. The van der Waals surface area contributed by atoms with Crippen LogP contribution in [-0.2, 0) is 17.9 Å². The average Bonchev–Trinajstić information content (AvgIpc) is 2.73. The van der Waals surface area contributed by atoms with Gasteiger partial charge >= 0.3 is 0 Å². The van der Waals surface area contributed by atoms with Gasteiger partial charge in [0, 0.05) is 43.7 Å². The summed E-state index contributed by atoms with van der Waals surface area (Å²) in [5.41, 5.74) is 2.41. The Balaban J connectivity index is 1.38. The quantitative estimate of drug-likeness (QED) is 0.676. The number of benzene rings is 2. The second-order valence-corrected chi connectivity index (χ2v) is 7.96. The van der Waals surface area contributed by atoms with Crippen LogP contribution in [0.4, 0.5) is 0 Å². The summed E-state index contributed by atoms with van der Waals surface area (Å²) >= 11 is 3.37. The third-order valence-corrected chi connectivity index (χ3v) is 5.54. The van der Waals surface area contributed by atoms with Crippen LogP contribution < -0.4 is 10.1 Å². The Hall–Kier alpha value is -1.89. The maximum Gasteiger partial charge on any atom is 0.258 e. The van der Waals surface area contributed by atoms with E-state index in [1.165, 1.54) is 5.56 Å². The van der Waals surface area contributed by atoms with E-state index >= 15 is 0 Å². The zero-order valence-corrected chi connectivity index (χ0v) is 18.0. The summed E-state index contributed by atoms with van der Waals surface area (Å²) in [5.74, 6) is 0.559. The molecule has 2 aromatic rings. The van der Waals surface area contributed by atoms with Crippen molar-refractivity contribution in [3.63, 3.8) is 0 Å². The fraction of sp³-hybridized carbons (Fsp3) is 0.409. The molecule has 1 heterocycles. The topological polar surface area (TPSA) is 44.8 Å². The lowest BCUT2D eigenvalue weighted by molar-refractivity contribution is -0.123. The van der Waals surface area contributed by atoms with Gasteiger partial charge in [-0.3, -0.25) is 9.69 Å². The highest BCUT2D eigenvalue weighted by Gasteiger charge is 2.15. The first kappa shape index (κ1) is 20.8. The van der Waals surface area contributed by atoms with Gasteiger partial charge in [-0.05, 0) is 41.9 Å². The van der Waals surface area contributed by atoms with E-state index in [0.29, 0.717) is 12.3 Å². The van der Waals surface area contributed by atoms with Gasteiger partial charge in [0.1, 0.15) is 5.75 Å². The predicted molar refractivity (Wildman–Crippen MR) is 115 cm³/mol. The second-order valence-electron chi connectivity index (χ2n) is 7.05. The highest BCUT2D eigenvalue weighted by atomic mass is 79.9. The van der Waals surface area contributed by atoms with Crippen molar-refractivity contribution in [3.8, 4) is 5.75 Å². The van der Waals surface area contributed by atoms with Gasteiger partial charge in [-0.1, -0.05) is 47.1 Å². The molecule has 0 aromatic heterocycles. The zero-order chi connectivity index (χ0) is 19.8. The van der Waals surface area contributed by atoms with Crippen LogP contribution in [-0.4, -0.2) is 55.0 Å². The van der Waals surface area contributed by atoms with E-state index < -0.39 is 0 Å². The third kappa shape index (κ3) is 6.62. The van der Waals surface area contributed by atoms with Crippen LogP contribution in [0.1, 0.15) is 18.1 Å². The molecule has 1 fully saturated rings. The minimum absolute atomic E-state index is 0.0173. The highest BCUT2D eigenvalue weighted by Crippen LogP contribution is 2.16. The largest absolute Gasteiger partial charge is 0.484 e. The molecule has 0 radical (unpaired) electrons. The van der Waals surface area contributed by atoms with Crippen molar-refractivity contribution in [2.24, 2.45) is 0 Å². The molecule has 5 nitrogen and oxygen atoms in total. The highest BCUT2D eigenvalue weighted by molar-refractivity contribution is 9.10. The number of likely N-dealkylation sites (N-methyl/N-ethyl adjacent to an activating group) is 1. The van der Waals surface area contributed by atoms with E-state index in [-0.39, 0.29) is 12.5 Å². The summed E-state index contributed by atoms with van der Waals surface area (Å²) in [7, 11) is 0. The number of amides is 1. The van der Waals surface area contributed by atoms with E-state index in [2.05, 4.69) is 62.2 Å². The number of ether oxygens (including phenoxy) is 1. The molecule has 0 atom stereocenters. The van der Waals surface area contributed by atoms with Crippen molar-refractivity contribution in [2.45, 2.75) is 20.0 Å². The van der Waals surface area contributed by atoms with Crippen molar-refractivity contribution in [3.05, 3.63) is 64.1 Å². The summed E-state index contributed by atoms with van der Waals surface area (Å²) in [5, 5.41) is 2.90. The van der Waals surface area contributed by atoms with E-state index in [1.807, 2.05) is 24.3 Å². The van der Waals surface area contributed by atoms with Gasteiger partial charge in [0.15, 0.2) is 6.61 Å².